The Morgan fingerprint density at radius 2 is 1.81 bits per heavy atom. The molecule has 0 saturated carbocycles. The van der Waals surface area contributed by atoms with Crippen molar-refractivity contribution in [1.29, 1.82) is 0 Å². The lowest BCUT2D eigenvalue weighted by Crippen LogP contribution is -2.30. The fourth-order valence-corrected chi connectivity index (χ4v) is 2.38. The summed E-state index contributed by atoms with van der Waals surface area (Å²) in [4.78, 5) is 13.9. The van der Waals surface area contributed by atoms with Crippen molar-refractivity contribution in [2.24, 2.45) is 0 Å². The molecule has 0 bridgehead atoms. The summed E-state index contributed by atoms with van der Waals surface area (Å²) in [6.45, 7) is -1.35. The number of hydrogen-bond donors (Lipinski definition) is 0. The molecule has 1 heterocycles. The van der Waals surface area contributed by atoms with Crippen molar-refractivity contribution in [2.45, 2.75) is 32.3 Å². The summed E-state index contributed by atoms with van der Waals surface area (Å²) in [6, 6.07) is 6.44. The minimum absolute atomic E-state index is 0.0763. The van der Waals surface area contributed by atoms with E-state index in [0.29, 0.717) is 5.56 Å². The lowest BCUT2D eigenvalue weighted by molar-refractivity contribution is -0.125. The number of carbonyl (C=O) groups excluding carboxylic acids is 1. The van der Waals surface area contributed by atoms with Crippen LogP contribution < -0.4 is 4.74 Å². The zero-order valence-electron chi connectivity index (χ0n) is 11.8. The van der Waals surface area contributed by atoms with Gasteiger partial charge in [-0.3, -0.25) is 4.79 Å². The van der Waals surface area contributed by atoms with E-state index in [2.05, 4.69) is 4.74 Å². The van der Waals surface area contributed by atoms with Gasteiger partial charge in [0.15, 0.2) is 0 Å². The van der Waals surface area contributed by atoms with Crippen molar-refractivity contribution in [3.05, 3.63) is 35.9 Å². The van der Waals surface area contributed by atoms with Gasteiger partial charge in [-0.2, -0.15) is 8.78 Å². The van der Waals surface area contributed by atoms with Crippen molar-refractivity contribution in [3.8, 4) is 5.75 Å². The van der Waals surface area contributed by atoms with Crippen LogP contribution in [0.5, 0.6) is 5.75 Å². The Kier molecular flexibility index (Phi) is 5.72. The molecule has 5 heteroatoms. The SMILES string of the molecule is O=C(/C=C/c1ccccc1OC(F)F)N1CCCCCC1. The molecule has 114 valence electrons. The second-order valence-corrected chi connectivity index (χ2v) is 4.99. The zero-order valence-corrected chi connectivity index (χ0v) is 11.8. The van der Waals surface area contributed by atoms with Crippen LogP contribution in [0.2, 0.25) is 0 Å². The number of halogens is 2. The summed E-state index contributed by atoms with van der Waals surface area (Å²) in [7, 11) is 0. The zero-order chi connectivity index (χ0) is 15.1. The first-order valence-electron chi connectivity index (χ1n) is 7.17. The minimum Gasteiger partial charge on any atom is -0.434 e. The number of alkyl halides is 2. The van der Waals surface area contributed by atoms with E-state index in [1.165, 1.54) is 18.2 Å². The fraction of sp³-hybridized carbons (Fsp3) is 0.438. The van der Waals surface area contributed by atoms with E-state index in [1.54, 1.807) is 23.1 Å². The van der Waals surface area contributed by atoms with Gasteiger partial charge >= 0.3 is 6.61 Å². The second-order valence-electron chi connectivity index (χ2n) is 4.99. The molecule has 0 radical (unpaired) electrons. The minimum atomic E-state index is -2.87. The molecule has 0 atom stereocenters. The van der Waals surface area contributed by atoms with Gasteiger partial charge in [0.25, 0.3) is 0 Å². The van der Waals surface area contributed by atoms with Crippen molar-refractivity contribution >= 4 is 12.0 Å². The average molecular weight is 295 g/mol. The summed E-state index contributed by atoms with van der Waals surface area (Å²) in [6.07, 6.45) is 7.30. The smallest absolute Gasteiger partial charge is 0.387 e. The molecule has 21 heavy (non-hydrogen) atoms. The van der Waals surface area contributed by atoms with Gasteiger partial charge < -0.3 is 9.64 Å². The van der Waals surface area contributed by atoms with Gasteiger partial charge in [0.05, 0.1) is 0 Å². The predicted octanol–water partition coefficient (Wildman–Crippen LogP) is 3.70. The van der Waals surface area contributed by atoms with Crippen LogP contribution in [-0.2, 0) is 4.79 Å². The summed E-state index contributed by atoms with van der Waals surface area (Å²) in [5.41, 5.74) is 0.473. The van der Waals surface area contributed by atoms with Gasteiger partial charge in [-0.15, -0.1) is 0 Å². The largest absolute Gasteiger partial charge is 0.434 e. The Hall–Kier alpha value is -1.91. The molecule has 1 aliphatic rings. The van der Waals surface area contributed by atoms with Crippen LogP contribution in [-0.4, -0.2) is 30.5 Å². The van der Waals surface area contributed by atoms with Crippen LogP contribution in [0.1, 0.15) is 31.2 Å². The highest BCUT2D eigenvalue weighted by molar-refractivity contribution is 5.92. The Bertz CT molecular complexity index is 495. The number of benzene rings is 1. The molecule has 0 aromatic heterocycles. The molecule has 1 fully saturated rings. The molecule has 2 rings (SSSR count). The molecule has 3 nitrogen and oxygen atoms in total. The highest BCUT2D eigenvalue weighted by Gasteiger charge is 2.13. The number of hydrogen-bond acceptors (Lipinski definition) is 2. The van der Waals surface area contributed by atoms with E-state index in [9.17, 15) is 13.6 Å². The maximum absolute atomic E-state index is 12.3. The van der Waals surface area contributed by atoms with Crippen LogP contribution in [0.3, 0.4) is 0 Å². The summed E-state index contributed by atoms with van der Waals surface area (Å²) >= 11 is 0. The molecule has 0 N–H and O–H groups in total. The molecule has 1 aliphatic heterocycles. The third kappa shape index (κ3) is 4.85. The lowest BCUT2D eigenvalue weighted by Gasteiger charge is -2.18. The average Bonchev–Trinajstić information content (AvgIpc) is 2.74. The number of nitrogens with zero attached hydrogens (tertiary/aromatic N) is 1. The van der Waals surface area contributed by atoms with Gasteiger partial charge in [0.2, 0.25) is 5.91 Å². The maximum atomic E-state index is 12.3. The summed E-state index contributed by atoms with van der Waals surface area (Å²) in [5, 5.41) is 0. The fourth-order valence-electron chi connectivity index (χ4n) is 2.38. The van der Waals surface area contributed by atoms with Gasteiger partial charge in [-0.1, -0.05) is 31.0 Å². The molecule has 1 aromatic rings. The lowest BCUT2D eigenvalue weighted by atomic mass is 10.2. The Labute approximate surface area is 123 Å². The topological polar surface area (TPSA) is 29.5 Å². The molecular formula is C16H19F2NO2. The molecule has 1 amide bonds. The Morgan fingerprint density at radius 3 is 2.48 bits per heavy atom. The highest BCUT2D eigenvalue weighted by Crippen LogP contribution is 2.21. The van der Waals surface area contributed by atoms with Crippen LogP contribution in [0, 0.1) is 0 Å². The van der Waals surface area contributed by atoms with Crippen LogP contribution in [0.25, 0.3) is 6.08 Å². The van der Waals surface area contributed by atoms with E-state index in [-0.39, 0.29) is 11.7 Å². The standard InChI is InChI=1S/C16H19F2NO2/c17-16(18)21-14-8-4-3-7-13(14)9-10-15(20)19-11-5-1-2-6-12-19/h3-4,7-10,16H,1-2,5-6,11-12H2/b10-9+. The number of rotatable bonds is 4. The van der Waals surface area contributed by atoms with E-state index in [4.69, 9.17) is 0 Å². The predicted molar refractivity (Wildman–Crippen MR) is 77.2 cm³/mol. The summed E-state index contributed by atoms with van der Waals surface area (Å²) in [5.74, 6) is -0.00355. The van der Waals surface area contributed by atoms with Crippen molar-refractivity contribution in [1.82, 2.24) is 4.90 Å². The van der Waals surface area contributed by atoms with Crippen molar-refractivity contribution < 1.29 is 18.3 Å². The second kappa shape index (κ2) is 7.76. The molecular weight excluding hydrogens is 276 g/mol. The third-order valence-electron chi connectivity index (χ3n) is 3.46. The molecule has 0 spiro atoms. The summed E-state index contributed by atoms with van der Waals surface area (Å²) < 4.78 is 29.1. The van der Waals surface area contributed by atoms with Crippen molar-refractivity contribution in [3.63, 3.8) is 0 Å². The van der Waals surface area contributed by atoms with Crippen LogP contribution >= 0.6 is 0 Å². The highest BCUT2D eigenvalue weighted by atomic mass is 19.3. The first-order valence-corrected chi connectivity index (χ1v) is 7.17. The monoisotopic (exact) mass is 295 g/mol. The van der Waals surface area contributed by atoms with E-state index < -0.39 is 6.61 Å². The number of ether oxygens (including phenoxy) is 1. The Balaban J connectivity index is 2.04. The van der Waals surface area contributed by atoms with E-state index >= 15 is 0 Å². The van der Waals surface area contributed by atoms with Gasteiger partial charge in [-0.25, -0.2) is 0 Å². The van der Waals surface area contributed by atoms with Crippen LogP contribution in [0.4, 0.5) is 8.78 Å². The molecule has 1 aromatic carbocycles. The normalized spacial score (nSPS) is 16.2. The van der Waals surface area contributed by atoms with E-state index in [1.807, 2.05) is 0 Å². The number of para-hydroxylation sites is 1. The first kappa shape index (κ1) is 15.5. The van der Waals surface area contributed by atoms with Gasteiger partial charge in [-0.05, 0) is 25.0 Å². The van der Waals surface area contributed by atoms with E-state index in [0.717, 1.165) is 38.8 Å². The van der Waals surface area contributed by atoms with Crippen molar-refractivity contribution in [2.75, 3.05) is 13.1 Å². The number of amides is 1. The quantitative estimate of drug-likeness (QED) is 0.793. The molecule has 1 saturated heterocycles. The first-order chi connectivity index (χ1) is 10.2. The molecule has 0 unspecified atom stereocenters. The number of likely N-dealkylation sites (tertiary alicyclic amines) is 1. The van der Waals surface area contributed by atoms with Crippen LogP contribution in [0.15, 0.2) is 30.3 Å². The third-order valence-corrected chi connectivity index (χ3v) is 3.46. The number of carbonyl (C=O) groups is 1. The molecule has 0 aliphatic carbocycles. The van der Waals surface area contributed by atoms with Gasteiger partial charge in [0.1, 0.15) is 5.75 Å². The Morgan fingerprint density at radius 1 is 1.14 bits per heavy atom. The van der Waals surface area contributed by atoms with Gasteiger partial charge in [0, 0.05) is 24.7 Å². The maximum Gasteiger partial charge on any atom is 0.387 e.